The van der Waals surface area contributed by atoms with Crippen molar-refractivity contribution in [3.8, 4) is 0 Å². The fourth-order valence-electron chi connectivity index (χ4n) is 4.11. The van der Waals surface area contributed by atoms with E-state index in [1.165, 1.54) is 43.4 Å². The van der Waals surface area contributed by atoms with Gasteiger partial charge in [0, 0.05) is 30.9 Å². The quantitative estimate of drug-likeness (QED) is 0.902. The third-order valence-electron chi connectivity index (χ3n) is 5.46. The zero-order valence-electron chi connectivity index (χ0n) is 13.7. The summed E-state index contributed by atoms with van der Waals surface area (Å²) < 4.78 is 0. The topological polar surface area (TPSA) is 28.2 Å². The van der Waals surface area contributed by atoms with Crippen LogP contribution in [0.25, 0.3) is 0 Å². The van der Waals surface area contributed by atoms with Gasteiger partial charge in [-0.3, -0.25) is 4.98 Å². The second-order valence-corrected chi connectivity index (χ2v) is 7.32. The van der Waals surface area contributed by atoms with Crippen molar-refractivity contribution >= 4 is 5.69 Å². The molecule has 116 valence electrons. The lowest BCUT2D eigenvalue weighted by molar-refractivity contribution is 0.184. The van der Waals surface area contributed by atoms with Crippen LogP contribution in [0.3, 0.4) is 0 Å². The lowest BCUT2D eigenvalue weighted by atomic mass is 9.78. The molecule has 2 heterocycles. The molecule has 2 aliphatic rings. The molecule has 21 heavy (non-hydrogen) atoms. The van der Waals surface area contributed by atoms with E-state index in [0.717, 1.165) is 13.1 Å². The highest BCUT2D eigenvalue weighted by Crippen LogP contribution is 2.35. The average Bonchev–Trinajstić information content (AvgIpc) is 2.48. The first kappa shape index (κ1) is 14.8. The molecule has 1 aromatic heterocycles. The van der Waals surface area contributed by atoms with E-state index in [1.807, 2.05) is 6.20 Å². The van der Waals surface area contributed by atoms with Crippen LogP contribution in [0, 0.1) is 12.8 Å². The van der Waals surface area contributed by atoms with Crippen LogP contribution < -0.4 is 10.2 Å². The molecule has 1 aliphatic heterocycles. The van der Waals surface area contributed by atoms with Crippen molar-refractivity contribution in [1.82, 2.24) is 10.3 Å². The smallest absolute Gasteiger partial charge is 0.0586 e. The molecule has 1 atom stereocenters. The third-order valence-corrected chi connectivity index (χ3v) is 5.46. The second kappa shape index (κ2) is 5.96. The van der Waals surface area contributed by atoms with Gasteiger partial charge in [0.2, 0.25) is 0 Å². The molecule has 3 heteroatoms. The maximum Gasteiger partial charge on any atom is 0.0586 e. The predicted octanol–water partition coefficient (Wildman–Crippen LogP) is 3.53. The Morgan fingerprint density at radius 1 is 1.29 bits per heavy atom. The molecule has 3 nitrogen and oxygen atoms in total. The molecule has 0 aromatic carbocycles. The number of rotatable bonds is 2. The minimum Gasteiger partial charge on any atom is -0.364 e. The summed E-state index contributed by atoms with van der Waals surface area (Å²) in [5.41, 5.74) is 3.03. The van der Waals surface area contributed by atoms with Gasteiger partial charge in [-0.15, -0.1) is 0 Å². The van der Waals surface area contributed by atoms with E-state index in [2.05, 4.69) is 48.2 Å². The Morgan fingerprint density at radius 2 is 2.05 bits per heavy atom. The van der Waals surface area contributed by atoms with Crippen molar-refractivity contribution in [2.24, 2.45) is 5.92 Å². The summed E-state index contributed by atoms with van der Waals surface area (Å²) in [5, 5.41) is 3.92. The summed E-state index contributed by atoms with van der Waals surface area (Å²) in [6.45, 7) is 9.13. The fraction of sp³-hybridized carbons (Fsp3) is 0.722. The van der Waals surface area contributed by atoms with Crippen molar-refractivity contribution in [2.45, 2.75) is 64.5 Å². The normalized spacial score (nSPS) is 25.5. The molecule has 1 saturated carbocycles. The molecule has 0 amide bonds. The van der Waals surface area contributed by atoms with Gasteiger partial charge in [0.25, 0.3) is 0 Å². The van der Waals surface area contributed by atoms with Crippen LogP contribution in [-0.4, -0.2) is 29.7 Å². The van der Waals surface area contributed by atoms with Crippen LogP contribution in [0.4, 0.5) is 5.69 Å². The number of anilines is 1. The molecule has 1 saturated heterocycles. The molecule has 1 N–H and O–H groups in total. The Bertz CT molecular complexity index is 477. The van der Waals surface area contributed by atoms with E-state index < -0.39 is 0 Å². The van der Waals surface area contributed by atoms with Crippen molar-refractivity contribution in [1.29, 1.82) is 0 Å². The SMILES string of the molecule is Cc1ccncc1N1CC2(CCCCC2)NCC1C(C)C. The molecule has 3 rings (SSSR count). The zero-order valence-corrected chi connectivity index (χ0v) is 13.7. The summed E-state index contributed by atoms with van der Waals surface area (Å²) in [6, 6.07) is 2.71. The van der Waals surface area contributed by atoms with Crippen LogP contribution in [0.5, 0.6) is 0 Å². The van der Waals surface area contributed by atoms with Crippen LogP contribution in [0.2, 0.25) is 0 Å². The number of pyridine rings is 1. The largest absolute Gasteiger partial charge is 0.364 e. The Labute approximate surface area is 129 Å². The lowest BCUT2D eigenvalue weighted by Crippen LogP contribution is -2.66. The van der Waals surface area contributed by atoms with Crippen molar-refractivity contribution in [3.05, 3.63) is 24.0 Å². The van der Waals surface area contributed by atoms with Crippen LogP contribution in [-0.2, 0) is 0 Å². The summed E-state index contributed by atoms with van der Waals surface area (Å²) in [4.78, 5) is 7.03. The van der Waals surface area contributed by atoms with E-state index in [0.29, 0.717) is 17.5 Å². The summed E-state index contributed by atoms with van der Waals surface area (Å²) >= 11 is 0. The summed E-state index contributed by atoms with van der Waals surface area (Å²) in [7, 11) is 0. The van der Waals surface area contributed by atoms with E-state index >= 15 is 0 Å². The minimum atomic E-state index is 0.339. The lowest BCUT2D eigenvalue weighted by Gasteiger charge is -2.52. The van der Waals surface area contributed by atoms with Crippen molar-refractivity contribution < 1.29 is 0 Å². The Balaban J connectivity index is 1.90. The highest BCUT2D eigenvalue weighted by atomic mass is 15.3. The molecular weight excluding hydrogens is 258 g/mol. The first-order valence-electron chi connectivity index (χ1n) is 8.54. The van der Waals surface area contributed by atoms with Gasteiger partial charge >= 0.3 is 0 Å². The van der Waals surface area contributed by atoms with Gasteiger partial charge in [-0.2, -0.15) is 0 Å². The number of hydrogen-bond acceptors (Lipinski definition) is 3. The monoisotopic (exact) mass is 287 g/mol. The molecular formula is C18H29N3. The number of hydrogen-bond donors (Lipinski definition) is 1. The van der Waals surface area contributed by atoms with E-state index in [1.54, 1.807) is 0 Å². The summed E-state index contributed by atoms with van der Waals surface area (Å²) in [5.74, 6) is 0.651. The number of aryl methyl sites for hydroxylation is 1. The third kappa shape index (κ3) is 2.94. The van der Waals surface area contributed by atoms with Crippen LogP contribution in [0.1, 0.15) is 51.5 Å². The maximum atomic E-state index is 4.39. The van der Waals surface area contributed by atoms with Gasteiger partial charge < -0.3 is 10.2 Å². The van der Waals surface area contributed by atoms with Crippen molar-refractivity contribution in [2.75, 3.05) is 18.0 Å². The van der Waals surface area contributed by atoms with E-state index in [-0.39, 0.29) is 0 Å². The van der Waals surface area contributed by atoms with Crippen LogP contribution in [0.15, 0.2) is 18.5 Å². The predicted molar refractivity (Wildman–Crippen MR) is 88.8 cm³/mol. The Morgan fingerprint density at radius 3 is 2.71 bits per heavy atom. The second-order valence-electron chi connectivity index (χ2n) is 7.32. The first-order valence-corrected chi connectivity index (χ1v) is 8.54. The highest BCUT2D eigenvalue weighted by molar-refractivity contribution is 5.53. The van der Waals surface area contributed by atoms with E-state index in [9.17, 15) is 0 Å². The van der Waals surface area contributed by atoms with E-state index in [4.69, 9.17) is 0 Å². The van der Waals surface area contributed by atoms with Crippen LogP contribution >= 0.6 is 0 Å². The molecule has 2 fully saturated rings. The average molecular weight is 287 g/mol. The number of piperazine rings is 1. The Hall–Kier alpha value is -1.09. The number of nitrogens with one attached hydrogen (secondary N) is 1. The highest BCUT2D eigenvalue weighted by Gasteiger charge is 2.41. The molecule has 1 aliphatic carbocycles. The molecule has 1 unspecified atom stereocenters. The van der Waals surface area contributed by atoms with Gasteiger partial charge in [0.05, 0.1) is 11.9 Å². The number of nitrogens with zero attached hydrogens (tertiary/aromatic N) is 2. The number of aromatic nitrogens is 1. The fourth-order valence-corrected chi connectivity index (χ4v) is 4.11. The minimum absolute atomic E-state index is 0.339. The molecule has 1 spiro atoms. The molecule has 1 aromatic rings. The molecule has 0 radical (unpaired) electrons. The van der Waals surface area contributed by atoms with Gasteiger partial charge in [-0.25, -0.2) is 0 Å². The van der Waals surface area contributed by atoms with Gasteiger partial charge in [0.1, 0.15) is 0 Å². The zero-order chi connectivity index (χ0) is 14.9. The Kier molecular flexibility index (Phi) is 4.21. The standard InChI is InChI=1S/C18H29N3/c1-14(2)16-12-20-18(8-5-4-6-9-18)13-21(16)17-11-19-10-7-15(17)3/h7,10-11,14,16,20H,4-6,8-9,12-13H2,1-3H3. The first-order chi connectivity index (χ1) is 10.1. The van der Waals surface area contributed by atoms with Gasteiger partial charge in [-0.1, -0.05) is 33.1 Å². The van der Waals surface area contributed by atoms with Gasteiger partial charge in [0.15, 0.2) is 0 Å². The van der Waals surface area contributed by atoms with Crippen molar-refractivity contribution in [3.63, 3.8) is 0 Å². The maximum absolute atomic E-state index is 4.39. The summed E-state index contributed by atoms with van der Waals surface area (Å²) in [6.07, 6.45) is 10.8. The molecule has 0 bridgehead atoms. The van der Waals surface area contributed by atoms with Gasteiger partial charge in [-0.05, 0) is 37.3 Å².